The molecular weight excluding hydrogens is 340 g/mol. The van der Waals surface area contributed by atoms with Gasteiger partial charge in [-0.05, 0) is 48.8 Å². The quantitative estimate of drug-likeness (QED) is 0.858. The molecule has 2 aliphatic heterocycles. The number of hydrazine groups is 1. The van der Waals surface area contributed by atoms with Gasteiger partial charge in [-0.15, -0.1) is 0 Å². The van der Waals surface area contributed by atoms with Crippen molar-refractivity contribution in [1.29, 1.82) is 0 Å². The number of ether oxygens (including phenoxy) is 1. The van der Waals surface area contributed by atoms with Crippen LogP contribution in [0.5, 0.6) is 0 Å². The van der Waals surface area contributed by atoms with Crippen LogP contribution in [0.4, 0.5) is 5.82 Å². The molecule has 0 spiro atoms. The average molecular weight is 366 g/mol. The highest BCUT2D eigenvalue weighted by Gasteiger charge is 2.42. The summed E-state index contributed by atoms with van der Waals surface area (Å²) in [6.07, 6.45) is 9.08. The molecule has 1 aliphatic carbocycles. The molecule has 2 saturated heterocycles. The Kier molecular flexibility index (Phi) is 4.73. The molecule has 3 aliphatic rings. The summed E-state index contributed by atoms with van der Waals surface area (Å²) in [6.45, 7) is 3.31. The van der Waals surface area contributed by atoms with Crippen molar-refractivity contribution in [2.75, 3.05) is 31.2 Å². The number of hydrogen-bond acceptors (Lipinski definition) is 7. The van der Waals surface area contributed by atoms with E-state index in [1.165, 1.54) is 18.4 Å². The third kappa shape index (κ3) is 3.42. The normalized spacial score (nSPS) is 30.9. The van der Waals surface area contributed by atoms with E-state index in [1.54, 1.807) is 6.33 Å². The largest absolute Gasteiger partial charge is 0.378 e. The molecule has 0 radical (unpaired) electrons. The highest BCUT2D eigenvalue weighted by Crippen LogP contribution is 2.43. The number of rotatable bonds is 3. The molecule has 7 heteroatoms. The van der Waals surface area contributed by atoms with Crippen molar-refractivity contribution in [1.82, 2.24) is 25.8 Å². The van der Waals surface area contributed by atoms with Gasteiger partial charge in [-0.25, -0.2) is 15.4 Å². The molecule has 4 heterocycles. The minimum Gasteiger partial charge on any atom is -0.378 e. The van der Waals surface area contributed by atoms with Crippen LogP contribution in [-0.2, 0) is 4.74 Å². The summed E-state index contributed by atoms with van der Waals surface area (Å²) in [5.74, 6) is 2.14. The van der Waals surface area contributed by atoms with E-state index in [0.29, 0.717) is 17.9 Å². The highest BCUT2D eigenvalue weighted by molar-refractivity contribution is 5.40. The van der Waals surface area contributed by atoms with Crippen LogP contribution in [0.15, 0.2) is 36.9 Å². The Bertz CT molecular complexity index is 766. The summed E-state index contributed by atoms with van der Waals surface area (Å²) in [6, 6.07) is 7.22. The van der Waals surface area contributed by atoms with Crippen LogP contribution in [0.2, 0.25) is 0 Å². The molecule has 1 saturated carbocycles. The second-order valence-electron chi connectivity index (χ2n) is 7.73. The van der Waals surface area contributed by atoms with Gasteiger partial charge in [0.2, 0.25) is 0 Å². The third-order valence-corrected chi connectivity index (χ3v) is 6.26. The van der Waals surface area contributed by atoms with Crippen LogP contribution in [0, 0.1) is 5.92 Å². The zero-order valence-electron chi connectivity index (χ0n) is 15.4. The molecule has 2 N–H and O–H groups in total. The summed E-state index contributed by atoms with van der Waals surface area (Å²) in [5, 5.41) is 0. The van der Waals surface area contributed by atoms with Gasteiger partial charge in [0.15, 0.2) is 0 Å². The fraction of sp³-hybridized carbons (Fsp3) is 0.550. The lowest BCUT2D eigenvalue weighted by Crippen LogP contribution is -2.37. The van der Waals surface area contributed by atoms with Gasteiger partial charge < -0.3 is 9.64 Å². The number of anilines is 1. The molecule has 4 atom stereocenters. The topological polar surface area (TPSA) is 75.2 Å². The van der Waals surface area contributed by atoms with Crippen molar-refractivity contribution in [3.05, 3.63) is 48.2 Å². The Morgan fingerprint density at radius 3 is 2.74 bits per heavy atom. The molecule has 0 aromatic carbocycles. The Hall–Kier alpha value is -2.09. The lowest BCUT2D eigenvalue weighted by Gasteiger charge is -2.33. The Morgan fingerprint density at radius 2 is 1.89 bits per heavy atom. The minimum atomic E-state index is 0.224. The van der Waals surface area contributed by atoms with Crippen LogP contribution >= 0.6 is 0 Å². The SMILES string of the molecule is c1cc(C2CCC3NNC(c4cc(N5CCOCC5)ncn4)C3C2)ccn1. The van der Waals surface area contributed by atoms with E-state index in [4.69, 9.17) is 4.74 Å². The predicted molar refractivity (Wildman–Crippen MR) is 102 cm³/mol. The highest BCUT2D eigenvalue weighted by atomic mass is 16.5. The number of morpholine rings is 1. The van der Waals surface area contributed by atoms with Crippen molar-refractivity contribution in [2.24, 2.45) is 5.92 Å². The number of hydrogen-bond donors (Lipinski definition) is 2. The van der Waals surface area contributed by atoms with E-state index >= 15 is 0 Å². The molecule has 27 heavy (non-hydrogen) atoms. The molecule has 0 amide bonds. The van der Waals surface area contributed by atoms with Crippen LogP contribution < -0.4 is 15.8 Å². The molecule has 2 aromatic rings. The number of pyridine rings is 1. The Morgan fingerprint density at radius 1 is 1.04 bits per heavy atom. The molecular formula is C20H26N6O. The molecule has 4 unspecified atom stereocenters. The molecule has 2 aromatic heterocycles. The van der Waals surface area contributed by atoms with Gasteiger partial charge in [0.25, 0.3) is 0 Å². The Labute approximate surface area is 159 Å². The first-order chi connectivity index (χ1) is 13.4. The van der Waals surface area contributed by atoms with Crippen LogP contribution in [0.25, 0.3) is 0 Å². The van der Waals surface area contributed by atoms with E-state index < -0.39 is 0 Å². The number of nitrogens with zero attached hydrogens (tertiary/aromatic N) is 4. The van der Waals surface area contributed by atoms with Gasteiger partial charge in [0.05, 0.1) is 24.9 Å². The third-order valence-electron chi connectivity index (χ3n) is 6.26. The van der Waals surface area contributed by atoms with E-state index in [1.807, 2.05) is 12.4 Å². The second kappa shape index (κ2) is 7.50. The van der Waals surface area contributed by atoms with Crippen LogP contribution in [-0.4, -0.2) is 47.3 Å². The summed E-state index contributed by atoms with van der Waals surface area (Å²) >= 11 is 0. The maximum Gasteiger partial charge on any atom is 0.132 e. The Balaban J connectivity index is 1.36. The second-order valence-corrected chi connectivity index (χ2v) is 7.73. The van der Waals surface area contributed by atoms with Crippen LogP contribution in [0.1, 0.15) is 42.5 Å². The smallest absolute Gasteiger partial charge is 0.132 e. The monoisotopic (exact) mass is 366 g/mol. The summed E-state index contributed by atoms with van der Waals surface area (Å²) < 4.78 is 5.46. The number of fused-ring (bicyclic) bond motifs is 1. The maximum absolute atomic E-state index is 5.46. The first kappa shape index (κ1) is 17.0. The number of aromatic nitrogens is 3. The lowest BCUT2D eigenvalue weighted by atomic mass is 9.73. The van der Waals surface area contributed by atoms with Gasteiger partial charge in [-0.2, -0.15) is 0 Å². The van der Waals surface area contributed by atoms with Crippen molar-refractivity contribution < 1.29 is 4.74 Å². The van der Waals surface area contributed by atoms with Gasteiger partial charge in [0, 0.05) is 37.6 Å². The van der Waals surface area contributed by atoms with E-state index in [9.17, 15) is 0 Å². The first-order valence-corrected chi connectivity index (χ1v) is 9.94. The molecule has 5 rings (SSSR count). The van der Waals surface area contributed by atoms with Crippen molar-refractivity contribution in [2.45, 2.75) is 37.3 Å². The molecule has 7 nitrogen and oxygen atoms in total. The van der Waals surface area contributed by atoms with Gasteiger partial charge in [0.1, 0.15) is 12.1 Å². The van der Waals surface area contributed by atoms with Crippen molar-refractivity contribution >= 4 is 5.82 Å². The zero-order valence-corrected chi connectivity index (χ0v) is 15.4. The summed E-state index contributed by atoms with van der Waals surface area (Å²) in [7, 11) is 0. The minimum absolute atomic E-state index is 0.224. The van der Waals surface area contributed by atoms with Crippen LogP contribution in [0.3, 0.4) is 0 Å². The first-order valence-electron chi connectivity index (χ1n) is 9.94. The molecule has 0 bridgehead atoms. The summed E-state index contributed by atoms with van der Waals surface area (Å²) in [4.78, 5) is 15.6. The standard InChI is InChI=1S/C20H26N6O/c1-2-17-16(11-15(1)14-3-5-21-6-4-14)20(25-24-17)18-12-19(23-13-22-18)26-7-9-27-10-8-26/h3-6,12-13,15-17,20,24-25H,1-2,7-11H2. The van der Waals surface area contributed by atoms with E-state index in [0.717, 1.165) is 44.2 Å². The predicted octanol–water partition coefficient (Wildman–Crippen LogP) is 1.81. The van der Waals surface area contributed by atoms with Crippen molar-refractivity contribution in [3.63, 3.8) is 0 Å². The van der Waals surface area contributed by atoms with Gasteiger partial charge >= 0.3 is 0 Å². The van der Waals surface area contributed by atoms with E-state index in [2.05, 4.69) is 48.9 Å². The number of nitrogens with one attached hydrogen (secondary N) is 2. The van der Waals surface area contributed by atoms with Gasteiger partial charge in [-0.1, -0.05) is 0 Å². The fourth-order valence-electron chi connectivity index (χ4n) is 4.79. The average Bonchev–Trinajstić information content (AvgIpc) is 3.18. The molecule has 3 fully saturated rings. The van der Waals surface area contributed by atoms with E-state index in [-0.39, 0.29) is 6.04 Å². The lowest BCUT2D eigenvalue weighted by molar-refractivity contribution is 0.122. The summed E-state index contributed by atoms with van der Waals surface area (Å²) in [5.41, 5.74) is 9.54. The fourth-order valence-corrected chi connectivity index (χ4v) is 4.79. The maximum atomic E-state index is 5.46. The zero-order chi connectivity index (χ0) is 18.1. The molecule has 142 valence electrons. The van der Waals surface area contributed by atoms with Gasteiger partial charge in [-0.3, -0.25) is 10.4 Å². The van der Waals surface area contributed by atoms with Crippen molar-refractivity contribution in [3.8, 4) is 0 Å².